The van der Waals surface area contributed by atoms with Crippen molar-refractivity contribution in [3.05, 3.63) is 45.4 Å². The number of rotatable bonds is 5. The zero-order valence-electron chi connectivity index (χ0n) is 11.3. The molecule has 0 bridgehead atoms. The lowest BCUT2D eigenvalue weighted by molar-refractivity contribution is 0.0911. The molecule has 0 aliphatic heterocycles. The molecule has 1 heterocycles. The molecule has 1 atom stereocenters. The van der Waals surface area contributed by atoms with E-state index in [1.165, 1.54) is 0 Å². The first-order valence-corrected chi connectivity index (χ1v) is 7.18. The van der Waals surface area contributed by atoms with Crippen LogP contribution in [0.5, 0.6) is 0 Å². The molecule has 0 spiro atoms. The largest absolute Gasteiger partial charge is 0.394 e. The average molecular weight is 327 g/mol. The fourth-order valence-corrected chi connectivity index (χ4v) is 2.46. The number of amides is 1. The molecule has 0 saturated carbocycles. The van der Waals surface area contributed by atoms with Crippen LogP contribution in [-0.2, 0) is 6.54 Å². The van der Waals surface area contributed by atoms with Gasteiger partial charge in [-0.3, -0.25) is 9.89 Å². The van der Waals surface area contributed by atoms with Crippen molar-refractivity contribution < 1.29 is 9.90 Å². The Hall–Kier alpha value is -1.70. The number of H-pyrrole nitrogens is 1. The zero-order valence-corrected chi connectivity index (χ0v) is 12.9. The molecular weight excluding hydrogens is 312 g/mol. The van der Waals surface area contributed by atoms with Crippen LogP contribution in [0.1, 0.15) is 29.1 Å². The molecule has 1 amide bonds. The number of hydrogen-bond donors (Lipinski definition) is 3. The van der Waals surface area contributed by atoms with Gasteiger partial charge < -0.3 is 15.0 Å². The fourth-order valence-electron chi connectivity index (χ4n) is 1.97. The van der Waals surface area contributed by atoms with Crippen molar-refractivity contribution in [3.63, 3.8) is 0 Å². The van der Waals surface area contributed by atoms with Crippen molar-refractivity contribution in [2.45, 2.75) is 19.5 Å². The maximum Gasteiger partial charge on any atom is 0.253 e. The molecule has 2 aromatic rings. The molecule has 8 heteroatoms. The van der Waals surface area contributed by atoms with E-state index in [1.807, 2.05) is 6.92 Å². The van der Waals surface area contributed by atoms with E-state index < -0.39 is 6.04 Å². The van der Waals surface area contributed by atoms with E-state index in [-0.39, 0.29) is 12.5 Å². The number of carbonyl (C=O) groups excluding carboxylic acids is 1. The van der Waals surface area contributed by atoms with Gasteiger partial charge in [0.15, 0.2) is 10.6 Å². The van der Waals surface area contributed by atoms with Crippen LogP contribution in [0.4, 0.5) is 0 Å². The van der Waals surface area contributed by atoms with Crippen molar-refractivity contribution in [1.29, 1.82) is 0 Å². The number of aliphatic hydroxyl groups is 1. The SMILES string of the molecule is CCn1c([C@@H](CO)NC(=O)c2ccccc2Cl)n[nH]c1=S. The van der Waals surface area contributed by atoms with Gasteiger partial charge in [-0.25, -0.2) is 0 Å². The van der Waals surface area contributed by atoms with Crippen LogP contribution in [0.25, 0.3) is 0 Å². The number of hydrogen-bond acceptors (Lipinski definition) is 4. The molecule has 112 valence electrons. The average Bonchev–Trinajstić information content (AvgIpc) is 2.85. The molecule has 21 heavy (non-hydrogen) atoms. The van der Waals surface area contributed by atoms with Gasteiger partial charge in [0, 0.05) is 6.54 Å². The van der Waals surface area contributed by atoms with Crippen LogP contribution in [-0.4, -0.2) is 32.4 Å². The minimum absolute atomic E-state index is 0.296. The predicted molar refractivity (Wildman–Crippen MR) is 81.8 cm³/mol. The molecule has 1 aromatic carbocycles. The van der Waals surface area contributed by atoms with Gasteiger partial charge in [-0.05, 0) is 31.3 Å². The highest BCUT2D eigenvalue weighted by molar-refractivity contribution is 7.71. The van der Waals surface area contributed by atoms with Crippen LogP contribution >= 0.6 is 23.8 Å². The molecule has 0 aliphatic rings. The lowest BCUT2D eigenvalue weighted by Crippen LogP contribution is -2.33. The van der Waals surface area contributed by atoms with E-state index in [0.717, 1.165) is 0 Å². The second-order valence-corrected chi connectivity index (χ2v) is 5.11. The Labute approximate surface area is 131 Å². The molecule has 1 aromatic heterocycles. The molecule has 0 fully saturated rings. The third-order valence-electron chi connectivity index (χ3n) is 3.02. The first kappa shape index (κ1) is 15.7. The van der Waals surface area contributed by atoms with Crippen molar-refractivity contribution in [2.75, 3.05) is 6.61 Å². The maximum absolute atomic E-state index is 12.2. The second kappa shape index (κ2) is 6.84. The number of aliphatic hydroxyl groups excluding tert-OH is 1. The molecule has 0 unspecified atom stereocenters. The summed E-state index contributed by atoms with van der Waals surface area (Å²) in [7, 11) is 0. The summed E-state index contributed by atoms with van der Waals surface area (Å²) in [6.07, 6.45) is 0. The van der Waals surface area contributed by atoms with Crippen molar-refractivity contribution in [2.24, 2.45) is 0 Å². The third-order valence-corrected chi connectivity index (χ3v) is 3.66. The van der Waals surface area contributed by atoms with Gasteiger partial charge in [-0.1, -0.05) is 23.7 Å². The number of aromatic nitrogens is 3. The highest BCUT2D eigenvalue weighted by Gasteiger charge is 2.21. The number of benzene rings is 1. The third kappa shape index (κ3) is 3.31. The smallest absolute Gasteiger partial charge is 0.253 e. The van der Waals surface area contributed by atoms with Crippen molar-refractivity contribution in [3.8, 4) is 0 Å². The van der Waals surface area contributed by atoms with E-state index in [4.69, 9.17) is 23.8 Å². The normalized spacial score (nSPS) is 12.1. The Kier molecular flexibility index (Phi) is 5.11. The van der Waals surface area contributed by atoms with E-state index in [9.17, 15) is 9.90 Å². The van der Waals surface area contributed by atoms with Gasteiger partial charge >= 0.3 is 0 Å². The van der Waals surface area contributed by atoms with Gasteiger partial charge in [-0.2, -0.15) is 5.10 Å². The molecule has 0 aliphatic carbocycles. The second-order valence-electron chi connectivity index (χ2n) is 4.32. The summed E-state index contributed by atoms with van der Waals surface area (Å²) in [6.45, 7) is 2.19. The maximum atomic E-state index is 12.2. The van der Waals surface area contributed by atoms with Crippen LogP contribution in [0.2, 0.25) is 5.02 Å². The highest BCUT2D eigenvalue weighted by atomic mass is 35.5. The Morgan fingerprint density at radius 1 is 1.57 bits per heavy atom. The first-order valence-electron chi connectivity index (χ1n) is 6.39. The van der Waals surface area contributed by atoms with E-state index >= 15 is 0 Å². The molecule has 3 N–H and O–H groups in total. The molecular formula is C13H15ClN4O2S. The summed E-state index contributed by atoms with van der Waals surface area (Å²) in [5, 5.41) is 19.3. The standard InChI is InChI=1S/C13H15ClN4O2S/c1-2-18-11(16-17-13(18)21)10(7-19)15-12(20)8-5-3-4-6-9(8)14/h3-6,10,19H,2,7H2,1H3,(H,15,20)(H,17,21)/t10-/m1/s1. The fraction of sp³-hybridized carbons (Fsp3) is 0.308. The Morgan fingerprint density at radius 2 is 2.29 bits per heavy atom. The minimum atomic E-state index is -0.665. The van der Waals surface area contributed by atoms with E-state index in [1.54, 1.807) is 28.8 Å². The van der Waals surface area contributed by atoms with Crippen LogP contribution < -0.4 is 5.32 Å². The monoisotopic (exact) mass is 326 g/mol. The predicted octanol–water partition coefficient (Wildman–Crippen LogP) is 2.08. The van der Waals surface area contributed by atoms with Gasteiger partial charge in [0.2, 0.25) is 0 Å². The van der Waals surface area contributed by atoms with Gasteiger partial charge in [0.1, 0.15) is 6.04 Å². The number of halogens is 1. The molecule has 2 rings (SSSR count). The van der Waals surface area contributed by atoms with E-state index in [0.29, 0.717) is 27.7 Å². The Bertz CT molecular complexity index is 697. The van der Waals surface area contributed by atoms with Crippen LogP contribution in [0.15, 0.2) is 24.3 Å². The summed E-state index contributed by atoms with van der Waals surface area (Å²) < 4.78 is 2.15. The number of nitrogens with one attached hydrogen (secondary N) is 2. The first-order chi connectivity index (χ1) is 10.1. The van der Waals surface area contributed by atoms with E-state index in [2.05, 4.69) is 15.5 Å². The topological polar surface area (TPSA) is 82.9 Å². The molecule has 0 radical (unpaired) electrons. The van der Waals surface area contributed by atoms with Gasteiger partial charge in [0.05, 0.1) is 17.2 Å². The number of nitrogens with zero attached hydrogens (tertiary/aromatic N) is 2. The minimum Gasteiger partial charge on any atom is -0.394 e. The van der Waals surface area contributed by atoms with Crippen LogP contribution in [0, 0.1) is 4.77 Å². The zero-order chi connectivity index (χ0) is 15.4. The summed E-state index contributed by atoms with van der Waals surface area (Å²) in [4.78, 5) is 12.2. The lowest BCUT2D eigenvalue weighted by Gasteiger charge is -2.16. The summed E-state index contributed by atoms with van der Waals surface area (Å²) in [5.41, 5.74) is 0.342. The van der Waals surface area contributed by atoms with Gasteiger partial charge in [-0.15, -0.1) is 0 Å². The van der Waals surface area contributed by atoms with Crippen molar-refractivity contribution >= 4 is 29.7 Å². The quantitative estimate of drug-likeness (QED) is 0.735. The Morgan fingerprint density at radius 3 is 2.90 bits per heavy atom. The van der Waals surface area contributed by atoms with Gasteiger partial charge in [0.25, 0.3) is 5.91 Å². The number of aromatic amines is 1. The highest BCUT2D eigenvalue weighted by Crippen LogP contribution is 2.17. The molecule has 0 saturated heterocycles. The summed E-state index contributed by atoms with van der Waals surface area (Å²) in [6, 6.07) is 6.04. The summed E-state index contributed by atoms with van der Waals surface area (Å²) >= 11 is 11.1. The summed E-state index contributed by atoms with van der Waals surface area (Å²) in [5.74, 6) is 0.0987. The Balaban J connectivity index is 2.25. The van der Waals surface area contributed by atoms with Crippen molar-refractivity contribution in [1.82, 2.24) is 20.1 Å². The lowest BCUT2D eigenvalue weighted by atomic mass is 10.2. The molecule has 6 nitrogen and oxygen atoms in total. The number of carbonyl (C=O) groups is 1. The van der Waals surface area contributed by atoms with Crippen LogP contribution in [0.3, 0.4) is 0 Å².